The van der Waals surface area contributed by atoms with Gasteiger partial charge in [0.2, 0.25) is 0 Å². The number of nitrogens with zero attached hydrogens (tertiary/aromatic N) is 2. The lowest BCUT2D eigenvalue weighted by Crippen LogP contribution is -2.36. The molecule has 3 aliphatic rings. The Labute approximate surface area is 298 Å². The third kappa shape index (κ3) is 7.82. The van der Waals surface area contributed by atoms with Crippen LogP contribution in [0.3, 0.4) is 0 Å². The van der Waals surface area contributed by atoms with Gasteiger partial charge in [-0.2, -0.15) is 0 Å². The third-order valence-electron chi connectivity index (χ3n) is 8.70. The Bertz CT molecular complexity index is 1960. The van der Waals surface area contributed by atoms with Gasteiger partial charge in [-0.1, -0.05) is 12.1 Å². The van der Waals surface area contributed by atoms with Gasteiger partial charge in [0.05, 0.1) is 38.8 Å². The van der Waals surface area contributed by atoms with E-state index >= 15 is 0 Å². The van der Waals surface area contributed by atoms with E-state index in [9.17, 15) is 28.6 Å². The summed E-state index contributed by atoms with van der Waals surface area (Å²) in [6.45, 7) is 2.83. The Balaban J connectivity index is 1.42. The number of halogens is 2. The number of carbonyl (C=O) groups excluding carboxylic acids is 2. The van der Waals surface area contributed by atoms with E-state index in [0.29, 0.717) is 40.6 Å². The van der Waals surface area contributed by atoms with Gasteiger partial charge in [-0.05, 0) is 60.5 Å². The monoisotopic (exact) mass is 720 g/mol. The molecule has 6 rings (SSSR count). The van der Waals surface area contributed by atoms with Crippen molar-refractivity contribution in [1.82, 2.24) is 0 Å². The summed E-state index contributed by atoms with van der Waals surface area (Å²) in [6, 6.07) is 12.9. The topological polar surface area (TPSA) is 136 Å². The average Bonchev–Trinajstić information content (AvgIpc) is 3.12. The first-order valence-electron chi connectivity index (χ1n) is 16.5. The summed E-state index contributed by atoms with van der Waals surface area (Å²) >= 11 is 0. The molecule has 12 nitrogen and oxygen atoms in total. The minimum absolute atomic E-state index is 0.0311. The van der Waals surface area contributed by atoms with Gasteiger partial charge in [0, 0.05) is 35.9 Å². The number of fused-ring (bicyclic) bond motifs is 4. The average molecular weight is 721 g/mol. The minimum Gasteiger partial charge on any atom is -0.505 e. The van der Waals surface area contributed by atoms with Crippen molar-refractivity contribution in [2.45, 2.75) is 13.0 Å². The Morgan fingerprint density at radius 2 is 1.46 bits per heavy atom. The summed E-state index contributed by atoms with van der Waals surface area (Å²) in [6.07, 6.45) is 0.757. The van der Waals surface area contributed by atoms with E-state index in [4.69, 9.17) is 28.4 Å². The van der Waals surface area contributed by atoms with Crippen molar-refractivity contribution in [2.24, 2.45) is 0 Å². The number of benzene rings is 3. The number of methoxy groups -OCH3 is 2. The zero-order chi connectivity index (χ0) is 36.9. The maximum Gasteiger partial charge on any atom is 0.325 e. The van der Waals surface area contributed by atoms with Crippen molar-refractivity contribution in [3.63, 3.8) is 0 Å². The highest BCUT2D eigenvalue weighted by Gasteiger charge is 2.32. The van der Waals surface area contributed by atoms with Crippen molar-refractivity contribution < 1.29 is 57.0 Å². The Morgan fingerprint density at radius 1 is 0.846 bits per heavy atom. The van der Waals surface area contributed by atoms with Gasteiger partial charge in [-0.25, -0.2) is 8.78 Å². The van der Waals surface area contributed by atoms with E-state index < -0.39 is 35.4 Å². The molecule has 0 amide bonds. The van der Waals surface area contributed by atoms with E-state index in [1.807, 2.05) is 30.0 Å². The lowest BCUT2D eigenvalue weighted by Gasteiger charge is -2.29. The highest BCUT2D eigenvalue weighted by atomic mass is 19.1. The molecular formula is C38H38F2N2O10. The summed E-state index contributed by atoms with van der Waals surface area (Å²) in [5.74, 6) is -2.30. The molecule has 274 valence electrons. The number of hydrogen-bond acceptors (Lipinski definition) is 12. The largest absolute Gasteiger partial charge is 0.505 e. The second kappa shape index (κ2) is 15.7. The standard InChI is InChI=1S/C38H38F2N2O10/c1-22-4-6-28-34(14-22)50-12-13-51-35-15-23(38-24-16-26(39)30(43)18-32(24)52-33-19-31(44)27(40)17-25(33)38)5-7-29(35)42(21-37(46)48-3)9-11-49-10-8-41(28)20-36(45)47-2/h4-7,14-19,30,43-44H,8-13,20-21H2,1-3H3. The van der Waals surface area contributed by atoms with E-state index in [2.05, 4.69) is 0 Å². The van der Waals surface area contributed by atoms with Crippen molar-refractivity contribution in [3.8, 4) is 23.0 Å². The second-order valence-corrected chi connectivity index (χ2v) is 12.2. The number of allylic oxidation sites excluding steroid dienone is 1. The molecule has 2 heterocycles. The van der Waals surface area contributed by atoms with Crippen LogP contribution in [-0.4, -0.2) is 95.1 Å². The van der Waals surface area contributed by atoms with Crippen molar-refractivity contribution >= 4 is 28.9 Å². The number of hydrogen-bond donors (Lipinski definition) is 2. The number of aromatic hydroxyl groups is 1. The molecule has 0 radical (unpaired) electrons. The van der Waals surface area contributed by atoms with E-state index in [0.717, 1.165) is 23.8 Å². The summed E-state index contributed by atoms with van der Waals surface area (Å²) in [7, 11) is 2.60. The Morgan fingerprint density at radius 3 is 2.10 bits per heavy atom. The zero-order valence-corrected chi connectivity index (χ0v) is 28.8. The van der Waals surface area contributed by atoms with Crippen molar-refractivity contribution in [1.29, 1.82) is 0 Å². The van der Waals surface area contributed by atoms with Crippen molar-refractivity contribution in [2.75, 3.05) is 76.6 Å². The summed E-state index contributed by atoms with van der Waals surface area (Å²) in [5, 5.41) is 20.3. The highest BCUT2D eigenvalue weighted by molar-refractivity contribution is 5.92. The summed E-state index contributed by atoms with van der Waals surface area (Å²) < 4.78 is 64.0. The lowest BCUT2D eigenvalue weighted by molar-refractivity contribution is -0.139. The van der Waals surface area contributed by atoms with Crippen LogP contribution in [0.25, 0.3) is 5.57 Å². The third-order valence-corrected chi connectivity index (χ3v) is 8.70. The van der Waals surface area contributed by atoms with Gasteiger partial charge in [-0.3, -0.25) is 9.59 Å². The molecule has 0 fully saturated rings. The van der Waals surface area contributed by atoms with Gasteiger partial charge in [-0.15, -0.1) is 0 Å². The molecule has 0 bridgehead atoms. The molecule has 0 aromatic heterocycles. The predicted octanol–water partition coefficient (Wildman–Crippen LogP) is 4.59. The van der Waals surface area contributed by atoms with Crippen LogP contribution in [0.1, 0.15) is 16.7 Å². The Kier molecular flexibility index (Phi) is 11.0. The van der Waals surface area contributed by atoms with Crippen molar-refractivity contribution in [3.05, 3.63) is 100 Å². The van der Waals surface area contributed by atoms with E-state index in [-0.39, 0.29) is 68.7 Å². The van der Waals surface area contributed by atoms with Crippen LogP contribution in [0.2, 0.25) is 0 Å². The van der Waals surface area contributed by atoms with Crippen LogP contribution in [0, 0.1) is 12.7 Å². The molecule has 1 atom stereocenters. The zero-order valence-electron chi connectivity index (χ0n) is 28.8. The molecule has 1 aliphatic carbocycles. The van der Waals surface area contributed by atoms with Crippen LogP contribution in [0.15, 0.2) is 77.8 Å². The Hall–Kier alpha value is -5.60. The number of ether oxygens (including phenoxy) is 6. The van der Waals surface area contributed by atoms with Gasteiger partial charge < -0.3 is 48.4 Å². The van der Waals surface area contributed by atoms with Gasteiger partial charge in [0.15, 0.2) is 11.6 Å². The molecular weight excluding hydrogens is 682 g/mol. The number of esters is 2. The van der Waals surface area contributed by atoms with Crippen LogP contribution >= 0.6 is 0 Å². The SMILES string of the molecule is COC(=O)CN1CCOCCN(CC(=O)OC)c2ccc(C3=C4C=C(F)C(O)C=C4Oc4cc(O)c(F)cc43)cc2OCCOc2cc(C)ccc21. The molecule has 2 aliphatic heterocycles. The maximum absolute atomic E-state index is 14.9. The second-order valence-electron chi connectivity index (χ2n) is 12.2. The first kappa shape index (κ1) is 36.2. The van der Waals surface area contributed by atoms with Crippen LogP contribution in [0.4, 0.5) is 20.2 Å². The number of phenols is 1. The van der Waals surface area contributed by atoms with Crippen LogP contribution in [-0.2, 0) is 23.8 Å². The fourth-order valence-corrected chi connectivity index (χ4v) is 6.10. The number of rotatable bonds is 5. The molecule has 52 heavy (non-hydrogen) atoms. The molecule has 0 saturated heterocycles. The van der Waals surface area contributed by atoms with Gasteiger partial charge in [0.1, 0.15) is 61.2 Å². The first-order valence-corrected chi connectivity index (χ1v) is 16.5. The maximum atomic E-state index is 14.9. The molecule has 0 saturated carbocycles. The number of phenolic OH excluding ortho intramolecular Hbond substituents is 1. The molecule has 0 spiro atoms. The number of carbonyl (C=O) groups is 2. The van der Waals surface area contributed by atoms with Crippen LogP contribution < -0.4 is 24.0 Å². The normalized spacial score (nSPS) is 17.6. The van der Waals surface area contributed by atoms with Gasteiger partial charge >= 0.3 is 11.9 Å². The lowest BCUT2D eigenvalue weighted by atomic mass is 9.86. The molecule has 14 heteroatoms. The summed E-state index contributed by atoms with van der Waals surface area (Å²) in [4.78, 5) is 28.5. The van der Waals surface area contributed by atoms with Gasteiger partial charge in [0.25, 0.3) is 0 Å². The smallest absolute Gasteiger partial charge is 0.325 e. The predicted molar refractivity (Wildman–Crippen MR) is 186 cm³/mol. The van der Waals surface area contributed by atoms with E-state index in [1.165, 1.54) is 20.3 Å². The van der Waals surface area contributed by atoms with Crippen LogP contribution in [0.5, 0.6) is 23.0 Å². The molecule has 3 aromatic carbocycles. The minimum atomic E-state index is -1.55. The number of aliphatic hydroxyl groups is 1. The van der Waals surface area contributed by atoms with E-state index in [1.54, 1.807) is 23.1 Å². The molecule has 1 unspecified atom stereocenters. The fourth-order valence-electron chi connectivity index (χ4n) is 6.10. The number of anilines is 2. The fraction of sp³-hybridized carbons (Fsp3) is 0.316. The summed E-state index contributed by atoms with van der Waals surface area (Å²) in [5.41, 5.74) is 3.38. The number of aliphatic hydroxyl groups excluding tert-OH is 1. The molecule has 3 aromatic rings. The first-order chi connectivity index (χ1) is 25.1. The molecule has 2 N–H and O–H groups in total. The quantitative estimate of drug-likeness (QED) is 0.357. The highest BCUT2D eigenvalue weighted by Crippen LogP contribution is 2.47. The number of aryl methyl sites for hydroxylation is 1.